The number of carbonyl (C=O) groups excluding carboxylic acids is 1. The first kappa shape index (κ1) is 19.3. The van der Waals surface area contributed by atoms with Crippen molar-refractivity contribution in [3.05, 3.63) is 66.0 Å². The first-order chi connectivity index (χ1) is 14.2. The van der Waals surface area contributed by atoms with Gasteiger partial charge in [-0.15, -0.1) is 5.53 Å². The van der Waals surface area contributed by atoms with Gasteiger partial charge in [0.25, 0.3) is 0 Å². The van der Waals surface area contributed by atoms with Crippen molar-refractivity contribution in [3.8, 4) is 0 Å². The Morgan fingerprint density at radius 2 is 1.83 bits per heavy atom. The van der Waals surface area contributed by atoms with Gasteiger partial charge in [-0.05, 0) is 42.8 Å². The summed E-state index contributed by atoms with van der Waals surface area (Å²) in [6.45, 7) is 6.29. The minimum absolute atomic E-state index is 0.263. The molecule has 4 N–H and O–H groups in total. The first-order valence-corrected chi connectivity index (χ1v) is 9.73. The fourth-order valence-corrected chi connectivity index (χ4v) is 3.28. The molecule has 0 bridgehead atoms. The predicted molar refractivity (Wildman–Crippen MR) is 114 cm³/mol. The van der Waals surface area contributed by atoms with E-state index in [4.69, 9.17) is 4.74 Å². The van der Waals surface area contributed by atoms with E-state index in [1.165, 1.54) is 0 Å². The van der Waals surface area contributed by atoms with E-state index in [0.29, 0.717) is 0 Å². The number of urea groups is 1. The molecule has 2 heterocycles. The fraction of sp³-hybridized carbons (Fsp3) is 0.286. The second-order valence-electron chi connectivity index (χ2n) is 7.09. The van der Waals surface area contributed by atoms with Crippen LogP contribution < -0.4 is 26.6 Å². The quantitative estimate of drug-likeness (QED) is 0.624. The third-order valence-corrected chi connectivity index (χ3v) is 4.92. The van der Waals surface area contributed by atoms with Crippen molar-refractivity contribution in [2.24, 2.45) is 0 Å². The zero-order valence-electron chi connectivity index (χ0n) is 16.4. The Bertz CT molecular complexity index is 877. The zero-order chi connectivity index (χ0) is 20.1. The molecular weight excluding hydrogens is 368 g/mol. The summed E-state index contributed by atoms with van der Waals surface area (Å²) in [5, 5.41) is 7.65. The molecule has 2 aromatic carbocycles. The van der Waals surface area contributed by atoms with Gasteiger partial charge in [-0.25, -0.2) is 4.79 Å². The lowest BCUT2D eigenvalue weighted by Crippen LogP contribution is -2.41. The third kappa shape index (κ3) is 5.05. The van der Waals surface area contributed by atoms with Gasteiger partial charge >= 0.3 is 6.03 Å². The lowest BCUT2D eigenvalue weighted by molar-refractivity contribution is 0.0416. The number of rotatable bonds is 5. The molecule has 2 aliphatic heterocycles. The third-order valence-electron chi connectivity index (χ3n) is 4.92. The van der Waals surface area contributed by atoms with Crippen LogP contribution in [-0.2, 0) is 4.74 Å². The largest absolute Gasteiger partial charge is 0.379 e. The molecule has 0 aliphatic carbocycles. The zero-order valence-corrected chi connectivity index (χ0v) is 16.4. The van der Waals surface area contributed by atoms with Crippen molar-refractivity contribution in [1.82, 2.24) is 15.9 Å². The molecule has 2 amide bonds. The van der Waals surface area contributed by atoms with Gasteiger partial charge in [0.1, 0.15) is 0 Å². The van der Waals surface area contributed by atoms with Crippen molar-refractivity contribution >= 4 is 23.1 Å². The SMILES string of the molecule is Cc1ccccc1NC(=O)Nc1ccc(N2C=C(CN3CCOCC3)NN2)cc1. The van der Waals surface area contributed by atoms with Crippen LogP contribution in [-0.4, -0.2) is 43.8 Å². The van der Waals surface area contributed by atoms with Crippen LogP contribution in [0, 0.1) is 6.92 Å². The Hall–Kier alpha value is -3.07. The molecule has 0 radical (unpaired) electrons. The average Bonchev–Trinajstić information content (AvgIpc) is 3.19. The highest BCUT2D eigenvalue weighted by atomic mass is 16.5. The predicted octanol–water partition coefficient (Wildman–Crippen LogP) is 2.64. The van der Waals surface area contributed by atoms with Gasteiger partial charge < -0.3 is 20.8 Å². The summed E-state index contributed by atoms with van der Waals surface area (Å²) in [7, 11) is 0. The lowest BCUT2D eigenvalue weighted by atomic mass is 10.2. The summed E-state index contributed by atoms with van der Waals surface area (Å²) in [5.74, 6) is 0. The number of nitrogens with zero attached hydrogens (tertiary/aromatic N) is 2. The van der Waals surface area contributed by atoms with Crippen molar-refractivity contribution < 1.29 is 9.53 Å². The maximum absolute atomic E-state index is 12.2. The summed E-state index contributed by atoms with van der Waals surface area (Å²) in [4.78, 5) is 14.6. The van der Waals surface area contributed by atoms with Crippen molar-refractivity contribution in [3.63, 3.8) is 0 Å². The number of anilines is 3. The number of hydrazine groups is 2. The van der Waals surface area contributed by atoms with E-state index in [1.54, 1.807) is 0 Å². The molecule has 4 rings (SSSR count). The summed E-state index contributed by atoms with van der Waals surface area (Å²) < 4.78 is 5.39. The minimum atomic E-state index is -0.263. The summed E-state index contributed by atoms with van der Waals surface area (Å²) in [5.41, 5.74) is 11.0. The molecule has 0 aromatic heterocycles. The van der Waals surface area contributed by atoms with Crippen LogP contribution in [0.4, 0.5) is 21.9 Å². The van der Waals surface area contributed by atoms with Crippen molar-refractivity contribution in [2.45, 2.75) is 6.92 Å². The number of morpholine rings is 1. The van der Waals surface area contributed by atoms with E-state index in [-0.39, 0.29) is 6.03 Å². The molecule has 0 atom stereocenters. The van der Waals surface area contributed by atoms with Crippen molar-refractivity contribution in [2.75, 3.05) is 48.5 Å². The number of ether oxygens (including phenoxy) is 1. The van der Waals surface area contributed by atoms with Gasteiger partial charge in [-0.1, -0.05) is 18.2 Å². The molecule has 8 nitrogen and oxygen atoms in total. The maximum atomic E-state index is 12.2. The van der Waals surface area contributed by atoms with Crippen molar-refractivity contribution in [1.29, 1.82) is 0 Å². The number of aryl methyl sites for hydroxylation is 1. The maximum Gasteiger partial charge on any atom is 0.323 e. The molecule has 0 saturated carbocycles. The second kappa shape index (κ2) is 8.95. The van der Waals surface area contributed by atoms with E-state index < -0.39 is 0 Å². The molecule has 29 heavy (non-hydrogen) atoms. The van der Waals surface area contributed by atoms with E-state index >= 15 is 0 Å². The summed E-state index contributed by atoms with van der Waals surface area (Å²) in [6, 6.07) is 15.1. The number of carbonyl (C=O) groups is 1. The van der Waals surface area contributed by atoms with Crippen LogP contribution in [0.1, 0.15) is 5.56 Å². The topological polar surface area (TPSA) is 80.9 Å². The van der Waals surface area contributed by atoms with Crippen LogP contribution in [0.2, 0.25) is 0 Å². The van der Waals surface area contributed by atoms with Gasteiger partial charge in [0.2, 0.25) is 0 Å². The number of hydrogen-bond acceptors (Lipinski definition) is 6. The van der Waals surface area contributed by atoms with E-state index in [2.05, 4.69) is 26.5 Å². The molecule has 1 saturated heterocycles. The first-order valence-electron chi connectivity index (χ1n) is 9.73. The molecule has 1 fully saturated rings. The van der Waals surface area contributed by atoms with Gasteiger partial charge in [0.05, 0.1) is 24.6 Å². The average molecular weight is 394 g/mol. The highest BCUT2D eigenvalue weighted by Gasteiger charge is 2.17. The Morgan fingerprint density at radius 1 is 1.07 bits per heavy atom. The molecule has 0 spiro atoms. The second-order valence-corrected chi connectivity index (χ2v) is 7.09. The minimum Gasteiger partial charge on any atom is -0.379 e. The number of hydrogen-bond donors (Lipinski definition) is 4. The molecule has 152 valence electrons. The summed E-state index contributed by atoms with van der Waals surface area (Å²) in [6.07, 6.45) is 2.04. The molecule has 0 unspecified atom stereocenters. The number of nitrogens with one attached hydrogen (secondary N) is 4. The normalized spacial score (nSPS) is 16.9. The highest BCUT2D eigenvalue weighted by molar-refractivity contribution is 6.00. The van der Waals surface area contributed by atoms with Crippen LogP contribution in [0.15, 0.2) is 60.4 Å². The van der Waals surface area contributed by atoms with Gasteiger partial charge in [0, 0.05) is 37.2 Å². The van der Waals surface area contributed by atoms with Gasteiger partial charge in [-0.2, -0.15) is 0 Å². The van der Waals surface area contributed by atoms with Crippen LogP contribution in [0.3, 0.4) is 0 Å². The monoisotopic (exact) mass is 394 g/mol. The Labute approximate surface area is 170 Å². The van der Waals surface area contributed by atoms with E-state index in [0.717, 1.165) is 61.2 Å². The van der Waals surface area contributed by atoms with Crippen LogP contribution in [0.25, 0.3) is 0 Å². The van der Waals surface area contributed by atoms with Gasteiger partial charge in [-0.3, -0.25) is 9.91 Å². The lowest BCUT2D eigenvalue weighted by Gasteiger charge is -2.26. The number of para-hydroxylation sites is 1. The fourth-order valence-electron chi connectivity index (χ4n) is 3.28. The molecule has 2 aliphatic rings. The van der Waals surface area contributed by atoms with Gasteiger partial charge in [0.15, 0.2) is 0 Å². The molecule has 2 aromatic rings. The van der Waals surface area contributed by atoms with E-state index in [1.807, 2.05) is 66.7 Å². The number of benzene rings is 2. The van der Waals surface area contributed by atoms with E-state index in [9.17, 15) is 4.79 Å². The van der Waals surface area contributed by atoms with Crippen LogP contribution in [0.5, 0.6) is 0 Å². The molecule has 8 heteroatoms. The smallest absolute Gasteiger partial charge is 0.323 e. The Balaban J connectivity index is 1.32. The molecular formula is C21H26N6O2. The Kier molecular flexibility index (Phi) is 5.95. The highest BCUT2D eigenvalue weighted by Crippen LogP contribution is 2.20. The van der Waals surface area contributed by atoms with Crippen LogP contribution >= 0.6 is 0 Å². The standard InChI is InChI=1S/C21H26N6O2/c1-16-4-2-3-5-20(16)23-21(28)22-17-6-8-19(9-7-17)27-15-18(24-25-27)14-26-10-12-29-13-11-26/h2-9,15,24-25H,10-14H2,1H3,(H2,22,23,28). The Morgan fingerprint density at radius 3 is 2.59 bits per heavy atom. The number of amides is 2. The summed E-state index contributed by atoms with van der Waals surface area (Å²) >= 11 is 0.